The Morgan fingerprint density at radius 2 is 1.70 bits per heavy atom. The molecule has 6 nitrogen and oxygen atoms in total. The molecular formula is C21H39N3O3. The van der Waals surface area contributed by atoms with Crippen LogP contribution in [0, 0.1) is 5.92 Å². The first-order chi connectivity index (χ1) is 13.2. The topological polar surface area (TPSA) is 54.0 Å². The van der Waals surface area contributed by atoms with Gasteiger partial charge in [-0.25, -0.2) is 0 Å². The summed E-state index contributed by atoms with van der Waals surface area (Å²) in [7, 11) is 1.47. The van der Waals surface area contributed by atoms with E-state index in [-0.39, 0.29) is 12.0 Å². The molecule has 1 unspecified atom stereocenters. The van der Waals surface area contributed by atoms with Gasteiger partial charge in [0.2, 0.25) is 0 Å². The molecule has 3 rings (SSSR count). The van der Waals surface area contributed by atoms with Gasteiger partial charge >= 0.3 is 5.97 Å². The summed E-state index contributed by atoms with van der Waals surface area (Å²) in [6.07, 6.45) is 8.50. The van der Waals surface area contributed by atoms with Crippen molar-refractivity contribution >= 4 is 5.97 Å². The maximum Gasteiger partial charge on any atom is 0.307 e. The van der Waals surface area contributed by atoms with Crippen LogP contribution in [0.4, 0.5) is 0 Å². The molecular weight excluding hydrogens is 342 g/mol. The number of nitrogens with zero attached hydrogens (tertiary/aromatic N) is 2. The Balaban J connectivity index is 1.31. The Labute approximate surface area is 164 Å². The van der Waals surface area contributed by atoms with Gasteiger partial charge in [0.1, 0.15) is 0 Å². The zero-order valence-electron chi connectivity index (χ0n) is 17.3. The van der Waals surface area contributed by atoms with Crippen molar-refractivity contribution in [2.75, 3.05) is 53.0 Å². The highest BCUT2D eigenvalue weighted by Crippen LogP contribution is 2.27. The summed E-state index contributed by atoms with van der Waals surface area (Å²) in [5.74, 6) is 0.664. The van der Waals surface area contributed by atoms with Gasteiger partial charge in [0.25, 0.3) is 0 Å². The minimum absolute atomic E-state index is 0.104. The van der Waals surface area contributed by atoms with Crippen molar-refractivity contribution in [2.24, 2.45) is 5.92 Å². The largest absolute Gasteiger partial charge is 0.469 e. The van der Waals surface area contributed by atoms with E-state index in [2.05, 4.69) is 22.0 Å². The molecule has 3 aliphatic rings. The van der Waals surface area contributed by atoms with Crippen LogP contribution in [0.1, 0.15) is 51.9 Å². The Hall–Kier alpha value is -0.690. The van der Waals surface area contributed by atoms with Crippen molar-refractivity contribution in [1.29, 1.82) is 0 Å². The van der Waals surface area contributed by atoms with E-state index in [9.17, 15) is 4.79 Å². The zero-order valence-corrected chi connectivity index (χ0v) is 17.3. The normalized spacial score (nSPS) is 30.1. The number of piperazine rings is 1. The number of nitrogens with one attached hydrogen (secondary N) is 1. The lowest BCUT2D eigenvalue weighted by Crippen LogP contribution is -2.53. The summed E-state index contributed by atoms with van der Waals surface area (Å²) in [4.78, 5) is 16.6. The summed E-state index contributed by atoms with van der Waals surface area (Å²) in [5, 5.41) is 3.43. The minimum atomic E-state index is -0.104. The minimum Gasteiger partial charge on any atom is -0.469 e. The third kappa shape index (κ3) is 6.41. The molecule has 0 radical (unpaired) electrons. The summed E-state index contributed by atoms with van der Waals surface area (Å²) in [5.41, 5.74) is 0. The first kappa shape index (κ1) is 21.0. The molecule has 156 valence electrons. The van der Waals surface area contributed by atoms with Gasteiger partial charge in [-0.2, -0.15) is 0 Å². The molecule has 0 spiro atoms. The van der Waals surface area contributed by atoms with Crippen LogP contribution in [0.3, 0.4) is 0 Å². The quantitative estimate of drug-likeness (QED) is 0.680. The van der Waals surface area contributed by atoms with Gasteiger partial charge < -0.3 is 14.8 Å². The maximum absolute atomic E-state index is 11.5. The van der Waals surface area contributed by atoms with E-state index in [1.807, 2.05) is 0 Å². The summed E-state index contributed by atoms with van der Waals surface area (Å²) >= 11 is 0. The van der Waals surface area contributed by atoms with Crippen LogP contribution in [0.25, 0.3) is 0 Å². The van der Waals surface area contributed by atoms with E-state index in [0.717, 1.165) is 57.8 Å². The lowest BCUT2D eigenvalue weighted by atomic mass is 9.91. The van der Waals surface area contributed by atoms with Gasteiger partial charge in [-0.15, -0.1) is 0 Å². The number of esters is 1. The van der Waals surface area contributed by atoms with Crippen LogP contribution >= 0.6 is 0 Å². The predicted octanol–water partition coefficient (Wildman–Crippen LogP) is 1.88. The number of ether oxygens (including phenoxy) is 2. The molecule has 0 amide bonds. The predicted molar refractivity (Wildman–Crippen MR) is 107 cm³/mol. The van der Waals surface area contributed by atoms with Gasteiger partial charge in [0.05, 0.1) is 19.6 Å². The average Bonchev–Trinajstić information content (AvgIpc) is 2.73. The average molecular weight is 382 g/mol. The molecule has 2 aliphatic heterocycles. The van der Waals surface area contributed by atoms with E-state index in [1.165, 1.54) is 45.6 Å². The van der Waals surface area contributed by atoms with Crippen molar-refractivity contribution < 1.29 is 14.3 Å². The highest BCUT2D eigenvalue weighted by Gasteiger charge is 2.30. The van der Waals surface area contributed by atoms with Crippen LogP contribution in [0.2, 0.25) is 0 Å². The summed E-state index contributed by atoms with van der Waals surface area (Å²) in [6, 6.07) is 1.00. The van der Waals surface area contributed by atoms with Gasteiger partial charge in [-0.05, 0) is 64.5 Å². The zero-order chi connectivity index (χ0) is 19.1. The van der Waals surface area contributed by atoms with Gasteiger partial charge in [-0.3, -0.25) is 14.6 Å². The Morgan fingerprint density at radius 3 is 2.33 bits per heavy atom. The second kappa shape index (κ2) is 10.7. The number of rotatable bonds is 7. The third-order valence-electron chi connectivity index (χ3n) is 6.85. The summed E-state index contributed by atoms with van der Waals surface area (Å²) in [6.45, 7) is 9.78. The lowest BCUT2D eigenvalue weighted by Gasteiger charge is -2.43. The SMILES string of the molecule is COC(=O)CC(C)N1CCN(C2CCC(OCC3CCNCC3)CC2)CC1. The number of hydrogen-bond acceptors (Lipinski definition) is 6. The number of hydrogen-bond donors (Lipinski definition) is 1. The van der Waals surface area contributed by atoms with E-state index >= 15 is 0 Å². The van der Waals surface area contributed by atoms with Crippen molar-refractivity contribution in [3.05, 3.63) is 0 Å². The van der Waals surface area contributed by atoms with Crippen molar-refractivity contribution in [1.82, 2.24) is 15.1 Å². The molecule has 0 bridgehead atoms. The molecule has 27 heavy (non-hydrogen) atoms. The van der Waals surface area contributed by atoms with Crippen LogP contribution in [-0.4, -0.2) is 86.9 Å². The molecule has 1 N–H and O–H groups in total. The fourth-order valence-corrected chi connectivity index (χ4v) is 4.89. The molecule has 2 saturated heterocycles. The molecule has 0 aromatic rings. The second-order valence-electron chi connectivity index (χ2n) is 8.66. The second-order valence-corrected chi connectivity index (χ2v) is 8.66. The number of methoxy groups -OCH3 is 1. The van der Waals surface area contributed by atoms with Gasteiger partial charge in [-0.1, -0.05) is 0 Å². The third-order valence-corrected chi connectivity index (χ3v) is 6.85. The molecule has 2 heterocycles. The monoisotopic (exact) mass is 381 g/mol. The van der Waals surface area contributed by atoms with Gasteiger partial charge in [0, 0.05) is 44.9 Å². The molecule has 0 aromatic heterocycles. The fourth-order valence-electron chi connectivity index (χ4n) is 4.89. The number of carbonyl (C=O) groups is 1. The smallest absolute Gasteiger partial charge is 0.307 e. The van der Waals surface area contributed by atoms with Crippen molar-refractivity contribution in [2.45, 2.75) is 70.1 Å². The van der Waals surface area contributed by atoms with Crippen LogP contribution in [0.5, 0.6) is 0 Å². The highest BCUT2D eigenvalue weighted by atomic mass is 16.5. The number of carbonyl (C=O) groups excluding carboxylic acids is 1. The standard InChI is InChI=1S/C21H39N3O3/c1-17(15-21(25)26-2)23-11-13-24(14-12-23)19-3-5-20(6-4-19)27-16-18-7-9-22-10-8-18/h17-20,22H,3-16H2,1-2H3. The van der Waals surface area contributed by atoms with Crippen molar-refractivity contribution in [3.8, 4) is 0 Å². The molecule has 1 aliphatic carbocycles. The van der Waals surface area contributed by atoms with Crippen LogP contribution < -0.4 is 5.32 Å². The Morgan fingerprint density at radius 1 is 1.04 bits per heavy atom. The Bertz CT molecular complexity index is 440. The first-order valence-electron chi connectivity index (χ1n) is 11.0. The Kier molecular flexibility index (Phi) is 8.37. The number of piperidine rings is 1. The molecule has 0 aromatic carbocycles. The summed E-state index contributed by atoms with van der Waals surface area (Å²) < 4.78 is 11.1. The molecule has 1 saturated carbocycles. The van der Waals surface area contributed by atoms with E-state index < -0.39 is 0 Å². The fraction of sp³-hybridized carbons (Fsp3) is 0.952. The lowest BCUT2D eigenvalue weighted by molar-refractivity contribution is -0.142. The molecule has 6 heteroatoms. The van der Waals surface area contributed by atoms with Crippen LogP contribution in [0.15, 0.2) is 0 Å². The van der Waals surface area contributed by atoms with Crippen molar-refractivity contribution in [3.63, 3.8) is 0 Å². The molecule has 1 atom stereocenters. The van der Waals surface area contributed by atoms with Crippen LogP contribution in [-0.2, 0) is 14.3 Å². The van der Waals surface area contributed by atoms with E-state index in [0.29, 0.717) is 12.5 Å². The highest BCUT2D eigenvalue weighted by molar-refractivity contribution is 5.69. The van der Waals surface area contributed by atoms with E-state index in [1.54, 1.807) is 0 Å². The first-order valence-corrected chi connectivity index (χ1v) is 11.0. The van der Waals surface area contributed by atoms with E-state index in [4.69, 9.17) is 9.47 Å². The molecule has 3 fully saturated rings. The van der Waals surface area contributed by atoms with Gasteiger partial charge in [0.15, 0.2) is 0 Å². The maximum atomic E-state index is 11.5.